The zero-order valence-electron chi connectivity index (χ0n) is 9.79. The first-order valence-corrected chi connectivity index (χ1v) is 7.34. The van der Waals surface area contributed by atoms with Gasteiger partial charge < -0.3 is 10.1 Å². The second kappa shape index (κ2) is 9.12. The van der Waals surface area contributed by atoms with E-state index in [-0.39, 0.29) is 11.5 Å². The summed E-state index contributed by atoms with van der Waals surface area (Å²) in [5, 5.41) is 3.12. The zero-order chi connectivity index (χ0) is 11.6. The molecule has 0 radical (unpaired) electrons. The lowest BCUT2D eigenvalue weighted by molar-refractivity contribution is 0.199. The van der Waals surface area contributed by atoms with Crippen LogP contribution in [0.2, 0.25) is 0 Å². The molecule has 0 unspecified atom stereocenters. The Balaban J connectivity index is 3.47. The molecule has 0 aliphatic carbocycles. The minimum absolute atomic E-state index is 0.232. The summed E-state index contributed by atoms with van der Waals surface area (Å²) in [7, 11) is -1.30. The topological polar surface area (TPSA) is 55.4 Å². The average molecular weight is 237 g/mol. The highest BCUT2D eigenvalue weighted by atomic mass is 32.2. The van der Waals surface area contributed by atoms with Crippen molar-refractivity contribution in [2.45, 2.75) is 26.2 Å². The maximum absolute atomic E-state index is 11.4. The first-order valence-electron chi connectivity index (χ1n) is 5.52. The van der Waals surface area contributed by atoms with Crippen LogP contribution in [0.1, 0.15) is 26.2 Å². The predicted octanol–water partition coefficient (Wildman–Crippen LogP) is 0.827. The molecule has 0 heterocycles. The molecule has 5 heteroatoms. The van der Waals surface area contributed by atoms with Gasteiger partial charge in [-0.05, 0) is 19.4 Å². The molecule has 0 bridgehead atoms. The standard InChI is InChI=1S/C10H23NO3S/c1-3-4-6-11-7-10-15(12,13)9-5-8-14-2/h11H,3-10H2,1-2H3. The molecule has 1 N–H and O–H groups in total. The van der Waals surface area contributed by atoms with Crippen molar-refractivity contribution >= 4 is 9.84 Å². The predicted molar refractivity (Wildman–Crippen MR) is 62.9 cm³/mol. The van der Waals surface area contributed by atoms with E-state index in [9.17, 15) is 8.42 Å². The third-order valence-electron chi connectivity index (χ3n) is 2.10. The summed E-state index contributed by atoms with van der Waals surface area (Å²) in [6.45, 7) is 4.10. The van der Waals surface area contributed by atoms with Gasteiger partial charge in [-0.15, -0.1) is 0 Å². The molecule has 0 aromatic carbocycles. The van der Waals surface area contributed by atoms with E-state index in [2.05, 4.69) is 12.2 Å². The molecule has 0 aromatic heterocycles. The van der Waals surface area contributed by atoms with Crippen LogP contribution in [0.4, 0.5) is 0 Å². The maximum atomic E-state index is 11.4. The Bertz CT molecular complexity index is 227. The van der Waals surface area contributed by atoms with Gasteiger partial charge in [-0.3, -0.25) is 0 Å². The Morgan fingerprint density at radius 1 is 1.13 bits per heavy atom. The van der Waals surface area contributed by atoms with E-state index in [0.29, 0.717) is 19.6 Å². The number of ether oxygens (including phenoxy) is 1. The van der Waals surface area contributed by atoms with Crippen LogP contribution in [0, 0.1) is 0 Å². The number of nitrogens with one attached hydrogen (secondary N) is 1. The van der Waals surface area contributed by atoms with Gasteiger partial charge in [-0.2, -0.15) is 0 Å². The number of unbranched alkanes of at least 4 members (excludes halogenated alkanes) is 1. The van der Waals surface area contributed by atoms with Gasteiger partial charge in [0, 0.05) is 20.3 Å². The summed E-state index contributed by atoms with van der Waals surface area (Å²) < 4.78 is 27.7. The van der Waals surface area contributed by atoms with Crippen LogP contribution in [0.25, 0.3) is 0 Å². The highest BCUT2D eigenvalue weighted by Gasteiger charge is 2.09. The van der Waals surface area contributed by atoms with Gasteiger partial charge in [0.1, 0.15) is 0 Å². The lowest BCUT2D eigenvalue weighted by Gasteiger charge is -2.05. The molecule has 4 nitrogen and oxygen atoms in total. The van der Waals surface area contributed by atoms with Gasteiger partial charge in [0.2, 0.25) is 0 Å². The van der Waals surface area contributed by atoms with E-state index in [1.807, 2.05) is 0 Å². The van der Waals surface area contributed by atoms with Gasteiger partial charge in [-0.1, -0.05) is 13.3 Å². The average Bonchev–Trinajstić information content (AvgIpc) is 2.17. The molecule has 0 amide bonds. The lowest BCUT2D eigenvalue weighted by atomic mass is 10.3. The Morgan fingerprint density at radius 2 is 1.87 bits per heavy atom. The fraction of sp³-hybridized carbons (Fsp3) is 1.00. The Kier molecular flexibility index (Phi) is 9.04. The van der Waals surface area contributed by atoms with E-state index >= 15 is 0 Å². The quantitative estimate of drug-likeness (QED) is 0.572. The Morgan fingerprint density at radius 3 is 2.47 bits per heavy atom. The van der Waals surface area contributed by atoms with Crippen molar-refractivity contribution in [1.82, 2.24) is 5.32 Å². The first kappa shape index (κ1) is 14.9. The number of sulfone groups is 1. The molecule has 92 valence electrons. The normalized spacial score (nSPS) is 11.9. The van der Waals surface area contributed by atoms with E-state index in [1.165, 1.54) is 0 Å². The maximum Gasteiger partial charge on any atom is 0.151 e. The number of hydrogen-bond donors (Lipinski definition) is 1. The summed E-state index contributed by atoms with van der Waals surface area (Å²) in [6, 6.07) is 0. The van der Waals surface area contributed by atoms with Gasteiger partial charge in [0.15, 0.2) is 9.84 Å². The second-order valence-corrected chi connectivity index (χ2v) is 5.91. The van der Waals surface area contributed by atoms with Crippen molar-refractivity contribution in [2.24, 2.45) is 0 Å². The van der Waals surface area contributed by atoms with Crippen molar-refractivity contribution < 1.29 is 13.2 Å². The molecule has 0 saturated carbocycles. The van der Waals surface area contributed by atoms with Crippen molar-refractivity contribution in [2.75, 3.05) is 38.3 Å². The van der Waals surface area contributed by atoms with Gasteiger partial charge in [0.05, 0.1) is 11.5 Å². The Hall–Kier alpha value is -0.130. The van der Waals surface area contributed by atoms with Gasteiger partial charge >= 0.3 is 0 Å². The Labute approximate surface area is 93.3 Å². The number of methoxy groups -OCH3 is 1. The third kappa shape index (κ3) is 10.2. The second-order valence-electron chi connectivity index (χ2n) is 3.60. The third-order valence-corrected chi connectivity index (χ3v) is 3.84. The molecule has 0 atom stereocenters. The van der Waals surface area contributed by atoms with Crippen molar-refractivity contribution in [3.05, 3.63) is 0 Å². The zero-order valence-corrected chi connectivity index (χ0v) is 10.6. The monoisotopic (exact) mass is 237 g/mol. The van der Waals surface area contributed by atoms with Crippen LogP contribution in [-0.2, 0) is 14.6 Å². The van der Waals surface area contributed by atoms with E-state index in [0.717, 1.165) is 19.4 Å². The molecule has 0 aromatic rings. The molecular formula is C10H23NO3S. The van der Waals surface area contributed by atoms with Crippen molar-refractivity contribution in [3.63, 3.8) is 0 Å². The van der Waals surface area contributed by atoms with Crippen molar-refractivity contribution in [3.8, 4) is 0 Å². The minimum Gasteiger partial charge on any atom is -0.385 e. The smallest absolute Gasteiger partial charge is 0.151 e. The van der Waals surface area contributed by atoms with Crippen LogP contribution in [0.3, 0.4) is 0 Å². The molecule has 0 aliphatic heterocycles. The molecular weight excluding hydrogens is 214 g/mol. The van der Waals surface area contributed by atoms with E-state index in [4.69, 9.17) is 4.74 Å². The van der Waals surface area contributed by atoms with Gasteiger partial charge in [0.25, 0.3) is 0 Å². The number of rotatable bonds is 10. The lowest BCUT2D eigenvalue weighted by Crippen LogP contribution is -2.25. The fourth-order valence-electron chi connectivity index (χ4n) is 1.18. The highest BCUT2D eigenvalue weighted by molar-refractivity contribution is 7.91. The van der Waals surface area contributed by atoms with Crippen LogP contribution in [0.15, 0.2) is 0 Å². The molecule has 0 spiro atoms. The largest absolute Gasteiger partial charge is 0.385 e. The summed E-state index contributed by atoms with van der Waals surface area (Å²) in [5.41, 5.74) is 0. The molecule has 0 rings (SSSR count). The van der Waals surface area contributed by atoms with E-state index < -0.39 is 9.84 Å². The fourth-order valence-corrected chi connectivity index (χ4v) is 2.40. The molecule has 0 aliphatic rings. The van der Waals surface area contributed by atoms with Crippen LogP contribution in [0.5, 0.6) is 0 Å². The van der Waals surface area contributed by atoms with Crippen LogP contribution < -0.4 is 5.32 Å². The highest BCUT2D eigenvalue weighted by Crippen LogP contribution is 1.94. The summed E-state index contributed by atoms with van der Waals surface area (Å²) in [6.07, 6.45) is 2.82. The summed E-state index contributed by atoms with van der Waals surface area (Å²) in [5.74, 6) is 0.469. The van der Waals surface area contributed by atoms with Gasteiger partial charge in [-0.25, -0.2) is 8.42 Å². The van der Waals surface area contributed by atoms with Crippen LogP contribution in [-0.4, -0.2) is 46.7 Å². The first-order chi connectivity index (χ1) is 7.12. The van der Waals surface area contributed by atoms with Crippen LogP contribution >= 0.6 is 0 Å². The molecule has 0 saturated heterocycles. The summed E-state index contributed by atoms with van der Waals surface area (Å²) >= 11 is 0. The van der Waals surface area contributed by atoms with E-state index in [1.54, 1.807) is 7.11 Å². The minimum atomic E-state index is -2.88. The summed E-state index contributed by atoms with van der Waals surface area (Å²) in [4.78, 5) is 0. The molecule has 15 heavy (non-hydrogen) atoms. The molecule has 0 fully saturated rings. The number of hydrogen-bond acceptors (Lipinski definition) is 4. The SMILES string of the molecule is CCCCNCCS(=O)(=O)CCCOC. The van der Waals surface area contributed by atoms with Crippen molar-refractivity contribution in [1.29, 1.82) is 0 Å².